The Morgan fingerprint density at radius 2 is 1.13 bits per heavy atom. The molecular weight excluding hydrogens is 511 g/mol. The van der Waals surface area contributed by atoms with Gasteiger partial charge in [-0.3, -0.25) is 0 Å². The minimum Gasteiger partial charge on any atom is -0.308 e. The van der Waals surface area contributed by atoms with Gasteiger partial charge in [0.25, 0.3) is 0 Å². The molecule has 0 amide bonds. The van der Waals surface area contributed by atoms with Gasteiger partial charge in [-0.25, -0.2) is 0 Å². The molecule has 0 bridgehead atoms. The number of rotatable bonds is 2. The molecule has 9 rings (SSSR count). The van der Waals surface area contributed by atoms with E-state index in [1.165, 1.54) is 79.0 Å². The van der Waals surface area contributed by atoms with Crippen molar-refractivity contribution in [1.82, 2.24) is 4.57 Å². The van der Waals surface area contributed by atoms with Gasteiger partial charge in [0.1, 0.15) is 0 Å². The second-order valence-corrected chi connectivity index (χ2v) is 12.3. The van der Waals surface area contributed by atoms with Crippen molar-refractivity contribution in [3.05, 3.63) is 127 Å². The molecule has 0 N–H and O–H groups in total. The Hall–Kier alpha value is -4.44. The smallest absolute Gasteiger partial charge is 0.0720 e. The van der Waals surface area contributed by atoms with Crippen molar-refractivity contribution < 1.29 is 0 Å². The van der Waals surface area contributed by atoms with Crippen LogP contribution in [0.5, 0.6) is 0 Å². The molecule has 1 nitrogen and oxygen atoms in total. The van der Waals surface area contributed by atoms with Gasteiger partial charge in [0, 0.05) is 52.1 Å². The van der Waals surface area contributed by atoms with Gasteiger partial charge in [0.05, 0.1) is 15.7 Å². The first-order valence-corrected chi connectivity index (χ1v) is 14.8. The van der Waals surface area contributed by atoms with Crippen LogP contribution in [0.4, 0.5) is 0 Å². The summed E-state index contributed by atoms with van der Waals surface area (Å²) in [5.41, 5.74) is 6.32. The Balaban J connectivity index is 1.49. The minimum absolute atomic E-state index is 1.20. The van der Waals surface area contributed by atoms with Gasteiger partial charge in [-0.05, 0) is 59.7 Å². The molecule has 0 saturated carbocycles. The van der Waals surface area contributed by atoms with Gasteiger partial charge in [-0.1, -0.05) is 78.9 Å². The molecule has 0 fully saturated rings. The van der Waals surface area contributed by atoms with Crippen molar-refractivity contribution >= 4 is 84.8 Å². The molecular formula is C36H21NS2. The van der Waals surface area contributed by atoms with E-state index in [1.807, 2.05) is 22.7 Å². The highest BCUT2D eigenvalue weighted by molar-refractivity contribution is 7.27. The van der Waals surface area contributed by atoms with E-state index in [1.54, 1.807) is 0 Å². The zero-order chi connectivity index (χ0) is 25.5. The second-order valence-electron chi connectivity index (χ2n) is 10.1. The lowest BCUT2D eigenvalue weighted by Gasteiger charge is -2.11. The third-order valence-electron chi connectivity index (χ3n) is 7.98. The summed E-state index contributed by atoms with van der Waals surface area (Å²) in [5.74, 6) is 0. The highest BCUT2D eigenvalue weighted by atomic mass is 32.1. The number of hydrogen-bond acceptors (Lipinski definition) is 2. The fourth-order valence-electron chi connectivity index (χ4n) is 6.30. The van der Waals surface area contributed by atoms with Crippen LogP contribution in [0.25, 0.3) is 79.0 Å². The molecule has 0 atom stereocenters. The Bertz CT molecular complexity index is 2390. The average Bonchev–Trinajstić information content (AvgIpc) is 3.66. The molecule has 0 saturated heterocycles. The summed E-state index contributed by atoms with van der Waals surface area (Å²) in [7, 11) is 0. The zero-order valence-electron chi connectivity index (χ0n) is 20.9. The predicted molar refractivity (Wildman–Crippen MR) is 172 cm³/mol. The van der Waals surface area contributed by atoms with E-state index in [-0.39, 0.29) is 0 Å². The Kier molecular flexibility index (Phi) is 4.43. The first kappa shape index (κ1) is 21.5. The van der Waals surface area contributed by atoms with Crippen LogP contribution in [-0.2, 0) is 0 Å². The molecule has 0 unspecified atom stereocenters. The van der Waals surface area contributed by atoms with Crippen LogP contribution in [0.2, 0.25) is 0 Å². The third kappa shape index (κ3) is 3.00. The van der Waals surface area contributed by atoms with Crippen LogP contribution in [0.1, 0.15) is 0 Å². The highest BCUT2D eigenvalue weighted by Gasteiger charge is 2.21. The minimum atomic E-state index is 1.20. The van der Waals surface area contributed by atoms with Crippen molar-refractivity contribution in [2.45, 2.75) is 0 Å². The number of thiophene rings is 2. The van der Waals surface area contributed by atoms with E-state index in [4.69, 9.17) is 0 Å². The summed E-state index contributed by atoms with van der Waals surface area (Å²) in [5, 5.41) is 7.95. The highest BCUT2D eigenvalue weighted by Crippen LogP contribution is 2.48. The SMILES string of the molecule is c1ccc(-n2c3ccccc3c3cc(-c4ccc5sc6ccccc6c5c4)c4c5ccccc5sc4c32)cc1. The van der Waals surface area contributed by atoms with Crippen LogP contribution in [0.15, 0.2) is 127 Å². The van der Waals surface area contributed by atoms with Gasteiger partial charge in [-0.15, -0.1) is 22.7 Å². The molecule has 182 valence electrons. The van der Waals surface area contributed by atoms with Crippen molar-refractivity contribution in [1.29, 1.82) is 0 Å². The van der Waals surface area contributed by atoms with Gasteiger partial charge < -0.3 is 4.57 Å². The maximum absolute atomic E-state index is 2.46. The quantitative estimate of drug-likeness (QED) is 0.209. The number of para-hydroxylation sites is 2. The van der Waals surface area contributed by atoms with Gasteiger partial charge in [-0.2, -0.15) is 0 Å². The Morgan fingerprint density at radius 1 is 0.462 bits per heavy atom. The van der Waals surface area contributed by atoms with Crippen LogP contribution in [0, 0.1) is 0 Å². The molecule has 0 aliphatic heterocycles. The first-order valence-electron chi connectivity index (χ1n) is 13.2. The molecule has 9 aromatic rings. The van der Waals surface area contributed by atoms with E-state index in [2.05, 4.69) is 132 Å². The molecule has 0 radical (unpaired) electrons. The lowest BCUT2D eigenvalue weighted by atomic mass is 9.95. The summed E-state index contributed by atoms with van der Waals surface area (Å²) in [4.78, 5) is 0. The summed E-state index contributed by atoms with van der Waals surface area (Å²) in [6, 6.07) is 46.8. The standard InChI is InChI=1S/C36H21NS2/c1-2-10-23(11-3-1)37-30-15-7-4-12-24(30)29-21-27(34-26-14-6-9-17-32(26)39-36(34)35(29)37)22-18-19-33-28(20-22)25-13-5-8-16-31(25)38-33/h1-21H. The summed E-state index contributed by atoms with van der Waals surface area (Å²) < 4.78 is 7.82. The van der Waals surface area contributed by atoms with Crippen molar-refractivity contribution in [2.75, 3.05) is 0 Å². The summed E-state index contributed by atoms with van der Waals surface area (Å²) >= 11 is 3.79. The zero-order valence-corrected chi connectivity index (χ0v) is 22.5. The second kappa shape index (κ2) is 8.03. The number of benzene rings is 6. The molecule has 0 aliphatic rings. The van der Waals surface area contributed by atoms with Crippen molar-refractivity contribution in [2.24, 2.45) is 0 Å². The van der Waals surface area contributed by atoms with E-state index < -0.39 is 0 Å². The van der Waals surface area contributed by atoms with E-state index in [0.717, 1.165) is 0 Å². The predicted octanol–water partition coefficient (Wildman–Crippen LogP) is 11.2. The molecule has 3 aromatic heterocycles. The molecule has 0 aliphatic carbocycles. The number of hydrogen-bond donors (Lipinski definition) is 0. The first-order chi connectivity index (χ1) is 19.3. The lowest BCUT2D eigenvalue weighted by molar-refractivity contribution is 1.19. The van der Waals surface area contributed by atoms with Gasteiger partial charge >= 0.3 is 0 Å². The van der Waals surface area contributed by atoms with E-state index in [9.17, 15) is 0 Å². The van der Waals surface area contributed by atoms with Crippen LogP contribution in [-0.4, -0.2) is 4.57 Å². The molecule has 6 aromatic carbocycles. The number of aromatic nitrogens is 1. The Morgan fingerprint density at radius 3 is 1.97 bits per heavy atom. The fraction of sp³-hybridized carbons (Fsp3) is 0. The molecule has 3 heterocycles. The fourth-order valence-corrected chi connectivity index (χ4v) is 8.65. The number of fused-ring (bicyclic) bond motifs is 10. The maximum atomic E-state index is 2.46. The monoisotopic (exact) mass is 531 g/mol. The molecule has 0 spiro atoms. The third-order valence-corrected chi connectivity index (χ3v) is 10.3. The Labute approximate surface area is 232 Å². The normalized spacial score (nSPS) is 12.1. The van der Waals surface area contributed by atoms with Crippen molar-refractivity contribution in [3.8, 4) is 16.8 Å². The average molecular weight is 532 g/mol. The van der Waals surface area contributed by atoms with Crippen LogP contribution >= 0.6 is 22.7 Å². The topological polar surface area (TPSA) is 4.93 Å². The number of nitrogens with zero attached hydrogens (tertiary/aromatic N) is 1. The summed E-state index contributed by atoms with van der Waals surface area (Å²) in [6.07, 6.45) is 0. The van der Waals surface area contributed by atoms with Crippen LogP contribution < -0.4 is 0 Å². The lowest BCUT2D eigenvalue weighted by Crippen LogP contribution is -1.93. The molecule has 39 heavy (non-hydrogen) atoms. The largest absolute Gasteiger partial charge is 0.308 e. The molecule has 3 heteroatoms. The van der Waals surface area contributed by atoms with Gasteiger partial charge in [0.15, 0.2) is 0 Å². The van der Waals surface area contributed by atoms with E-state index >= 15 is 0 Å². The summed E-state index contributed by atoms with van der Waals surface area (Å²) in [6.45, 7) is 0. The van der Waals surface area contributed by atoms with Crippen LogP contribution in [0.3, 0.4) is 0 Å². The van der Waals surface area contributed by atoms with E-state index in [0.29, 0.717) is 0 Å². The maximum Gasteiger partial charge on any atom is 0.0720 e. The van der Waals surface area contributed by atoms with Gasteiger partial charge in [0.2, 0.25) is 0 Å². The van der Waals surface area contributed by atoms with Crippen molar-refractivity contribution in [3.63, 3.8) is 0 Å².